The molecular formula is C12H18N2O. The summed E-state index contributed by atoms with van der Waals surface area (Å²) in [7, 11) is 0. The van der Waals surface area contributed by atoms with Crippen LogP contribution in [0, 0.1) is 6.92 Å². The number of rotatable bonds is 2. The molecule has 0 amide bonds. The summed E-state index contributed by atoms with van der Waals surface area (Å²) in [6.07, 6.45) is 0. The van der Waals surface area contributed by atoms with Gasteiger partial charge in [-0.25, -0.2) is 0 Å². The second kappa shape index (κ2) is 4.11. The number of aryl methyl sites for hydroxylation is 1. The van der Waals surface area contributed by atoms with Gasteiger partial charge in [-0.05, 0) is 31.5 Å². The van der Waals surface area contributed by atoms with Crippen molar-refractivity contribution in [2.75, 3.05) is 24.6 Å². The molecule has 0 saturated heterocycles. The van der Waals surface area contributed by atoms with Crippen molar-refractivity contribution < 1.29 is 4.74 Å². The normalized spacial score (nSPS) is 16.9. The maximum atomic E-state index is 5.83. The highest BCUT2D eigenvalue weighted by molar-refractivity contribution is 5.61. The van der Waals surface area contributed by atoms with Crippen molar-refractivity contribution in [2.24, 2.45) is 5.73 Å². The zero-order chi connectivity index (χ0) is 10.8. The van der Waals surface area contributed by atoms with Crippen LogP contribution in [0.3, 0.4) is 0 Å². The lowest BCUT2D eigenvalue weighted by molar-refractivity contribution is 0.306. The molecular weight excluding hydrogens is 188 g/mol. The van der Waals surface area contributed by atoms with Gasteiger partial charge in [0.25, 0.3) is 0 Å². The lowest BCUT2D eigenvalue weighted by Gasteiger charge is -2.32. The van der Waals surface area contributed by atoms with E-state index >= 15 is 0 Å². The quantitative estimate of drug-likeness (QED) is 0.797. The summed E-state index contributed by atoms with van der Waals surface area (Å²) in [5, 5.41) is 0. The van der Waals surface area contributed by atoms with Gasteiger partial charge in [-0.3, -0.25) is 0 Å². The smallest absolute Gasteiger partial charge is 0.142 e. The maximum absolute atomic E-state index is 5.83. The molecule has 1 aromatic carbocycles. The Morgan fingerprint density at radius 3 is 3.07 bits per heavy atom. The summed E-state index contributed by atoms with van der Waals surface area (Å²) in [6, 6.07) is 6.51. The second-order valence-electron chi connectivity index (χ2n) is 4.24. The highest BCUT2D eigenvalue weighted by Gasteiger charge is 2.18. The van der Waals surface area contributed by atoms with Crippen molar-refractivity contribution in [3.05, 3.63) is 23.8 Å². The SMILES string of the molecule is Cc1ccc2c(c1)OCCN2CC(C)N. The van der Waals surface area contributed by atoms with Gasteiger partial charge in [0.05, 0.1) is 12.2 Å². The largest absolute Gasteiger partial charge is 0.490 e. The minimum absolute atomic E-state index is 0.192. The molecule has 0 spiro atoms. The summed E-state index contributed by atoms with van der Waals surface area (Å²) in [5.41, 5.74) is 8.23. The fourth-order valence-electron chi connectivity index (χ4n) is 1.92. The molecule has 0 aromatic heterocycles. The Kier molecular flexibility index (Phi) is 2.82. The molecule has 0 saturated carbocycles. The van der Waals surface area contributed by atoms with Gasteiger partial charge in [0.15, 0.2) is 0 Å². The van der Waals surface area contributed by atoms with Gasteiger partial charge >= 0.3 is 0 Å². The lowest BCUT2D eigenvalue weighted by atomic mass is 10.1. The molecule has 3 nitrogen and oxygen atoms in total. The first kappa shape index (κ1) is 10.3. The third kappa shape index (κ3) is 2.23. The van der Waals surface area contributed by atoms with Gasteiger partial charge in [0.1, 0.15) is 12.4 Å². The Labute approximate surface area is 90.8 Å². The molecule has 2 N–H and O–H groups in total. The maximum Gasteiger partial charge on any atom is 0.142 e. The van der Waals surface area contributed by atoms with Gasteiger partial charge in [-0.2, -0.15) is 0 Å². The molecule has 2 rings (SSSR count). The first-order chi connectivity index (χ1) is 7.16. The summed E-state index contributed by atoms with van der Waals surface area (Å²) >= 11 is 0. The standard InChI is InChI=1S/C12H18N2O/c1-9-3-4-11-12(7-9)15-6-5-14(11)8-10(2)13/h3-4,7,10H,5-6,8,13H2,1-2H3. The predicted molar refractivity (Wildman–Crippen MR) is 62.5 cm³/mol. The van der Waals surface area contributed by atoms with Crippen LogP contribution in [-0.4, -0.2) is 25.7 Å². The van der Waals surface area contributed by atoms with E-state index in [0.717, 1.165) is 25.4 Å². The van der Waals surface area contributed by atoms with Crippen LogP contribution in [0.5, 0.6) is 5.75 Å². The molecule has 15 heavy (non-hydrogen) atoms. The number of fused-ring (bicyclic) bond motifs is 1. The zero-order valence-electron chi connectivity index (χ0n) is 9.36. The van der Waals surface area contributed by atoms with E-state index in [1.807, 2.05) is 6.92 Å². The van der Waals surface area contributed by atoms with Crippen LogP contribution in [-0.2, 0) is 0 Å². The van der Waals surface area contributed by atoms with Crippen LogP contribution in [0.25, 0.3) is 0 Å². The Morgan fingerprint density at radius 2 is 2.33 bits per heavy atom. The molecule has 1 aromatic rings. The molecule has 0 aliphatic carbocycles. The molecule has 1 aliphatic heterocycles. The van der Waals surface area contributed by atoms with Gasteiger partial charge in [-0.1, -0.05) is 6.07 Å². The average Bonchev–Trinajstić information content (AvgIpc) is 2.16. The third-order valence-corrected chi connectivity index (χ3v) is 2.58. The lowest BCUT2D eigenvalue weighted by Crippen LogP contribution is -2.40. The van der Waals surface area contributed by atoms with Crippen LogP contribution in [0.4, 0.5) is 5.69 Å². The summed E-state index contributed by atoms with van der Waals surface area (Å²) in [6.45, 7) is 6.68. The number of benzene rings is 1. The highest BCUT2D eigenvalue weighted by Crippen LogP contribution is 2.32. The monoisotopic (exact) mass is 206 g/mol. The van der Waals surface area contributed by atoms with E-state index in [0.29, 0.717) is 0 Å². The number of nitrogens with zero attached hydrogens (tertiary/aromatic N) is 1. The molecule has 1 heterocycles. The number of hydrogen-bond donors (Lipinski definition) is 1. The number of hydrogen-bond acceptors (Lipinski definition) is 3. The second-order valence-corrected chi connectivity index (χ2v) is 4.24. The van der Waals surface area contributed by atoms with E-state index in [-0.39, 0.29) is 6.04 Å². The van der Waals surface area contributed by atoms with Crippen molar-refractivity contribution in [1.82, 2.24) is 0 Å². The third-order valence-electron chi connectivity index (χ3n) is 2.58. The van der Waals surface area contributed by atoms with E-state index in [2.05, 4.69) is 30.0 Å². The van der Waals surface area contributed by atoms with Crippen LogP contribution in [0.2, 0.25) is 0 Å². The predicted octanol–water partition coefficient (Wildman–Crippen LogP) is 1.54. The van der Waals surface area contributed by atoms with Gasteiger partial charge in [-0.15, -0.1) is 0 Å². The first-order valence-corrected chi connectivity index (χ1v) is 5.41. The fraction of sp³-hybridized carbons (Fsp3) is 0.500. The van der Waals surface area contributed by atoms with Crippen LogP contribution in [0.1, 0.15) is 12.5 Å². The number of anilines is 1. The van der Waals surface area contributed by atoms with Gasteiger partial charge in [0.2, 0.25) is 0 Å². The van der Waals surface area contributed by atoms with E-state index in [1.165, 1.54) is 11.3 Å². The topological polar surface area (TPSA) is 38.5 Å². The summed E-state index contributed by atoms with van der Waals surface area (Å²) in [4.78, 5) is 2.29. The molecule has 0 bridgehead atoms. The molecule has 1 atom stereocenters. The molecule has 1 aliphatic rings. The number of nitrogens with two attached hydrogens (primary N) is 1. The van der Waals surface area contributed by atoms with Crippen molar-refractivity contribution in [3.8, 4) is 5.75 Å². The van der Waals surface area contributed by atoms with Crippen molar-refractivity contribution in [2.45, 2.75) is 19.9 Å². The fourth-order valence-corrected chi connectivity index (χ4v) is 1.92. The molecule has 0 fully saturated rings. The highest BCUT2D eigenvalue weighted by atomic mass is 16.5. The molecule has 3 heteroatoms. The van der Waals surface area contributed by atoms with E-state index in [9.17, 15) is 0 Å². The molecule has 0 radical (unpaired) electrons. The van der Waals surface area contributed by atoms with E-state index < -0.39 is 0 Å². The van der Waals surface area contributed by atoms with Crippen LogP contribution < -0.4 is 15.4 Å². The minimum Gasteiger partial charge on any atom is -0.490 e. The van der Waals surface area contributed by atoms with Crippen molar-refractivity contribution in [3.63, 3.8) is 0 Å². The Morgan fingerprint density at radius 1 is 1.53 bits per heavy atom. The Balaban J connectivity index is 2.26. The van der Waals surface area contributed by atoms with Crippen LogP contribution >= 0.6 is 0 Å². The Hall–Kier alpha value is -1.22. The van der Waals surface area contributed by atoms with Gasteiger partial charge in [0, 0.05) is 12.6 Å². The average molecular weight is 206 g/mol. The minimum atomic E-state index is 0.192. The summed E-state index contributed by atoms with van der Waals surface area (Å²) < 4.78 is 5.63. The summed E-state index contributed by atoms with van der Waals surface area (Å²) in [5.74, 6) is 0.988. The number of ether oxygens (including phenoxy) is 1. The zero-order valence-corrected chi connectivity index (χ0v) is 9.36. The van der Waals surface area contributed by atoms with Crippen molar-refractivity contribution >= 4 is 5.69 Å². The molecule has 1 unspecified atom stereocenters. The van der Waals surface area contributed by atoms with E-state index in [1.54, 1.807) is 0 Å². The van der Waals surface area contributed by atoms with Crippen LogP contribution in [0.15, 0.2) is 18.2 Å². The van der Waals surface area contributed by atoms with E-state index in [4.69, 9.17) is 10.5 Å². The first-order valence-electron chi connectivity index (χ1n) is 5.41. The van der Waals surface area contributed by atoms with Gasteiger partial charge < -0.3 is 15.4 Å². The molecule has 82 valence electrons. The Bertz CT molecular complexity index is 349. The van der Waals surface area contributed by atoms with Crippen molar-refractivity contribution in [1.29, 1.82) is 0 Å².